The van der Waals surface area contributed by atoms with E-state index in [0.717, 1.165) is 25.5 Å². The summed E-state index contributed by atoms with van der Waals surface area (Å²) in [6, 6.07) is 13.6. The van der Waals surface area contributed by atoms with E-state index in [4.69, 9.17) is 13.9 Å². The molecule has 0 saturated carbocycles. The van der Waals surface area contributed by atoms with Gasteiger partial charge < -0.3 is 13.9 Å². The number of carboxylic acids is 1. The molecule has 0 saturated heterocycles. The predicted molar refractivity (Wildman–Crippen MR) is 123 cm³/mol. The second kappa shape index (κ2) is 8.52. The van der Waals surface area contributed by atoms with Crippen molar-refractivity contribution < 1.29 is 23.5 Å². The first-order valence-electron chi connectivity index (χ1n) is 8.98. The molecule has 4 rings (SSSR count). The van der Waals surface area contributed by atoms with Crippen LogP contribution in [0.15, 0.2) is 71.4 Å². The molecule has 0 atom stereocenters. The zero-order valence-electron chi connectivity index (χ0n) is 16.0. The van der Waals surface area contributed by atoms with Gasteiger partial charge in [-0.2, -0.15) is 5.10 Å². The number of aryl methyl sites for hydroxylation is 1. The van der Waals surface area contributed by atoms with E-state index in [1.807, 2.05) is 19.1 Å². The minimum atomic E-state index is -0.984. The number of nitrogens with zero attached hydrogens (tertiary/aromatic N) is 1. The van der Waals surface area contributed by atoms with Crippen LogP contribution >= 0.6 is 31.9 Å². The van der Waals surface area contributed by atoms with Crippen molar-refractivity contribution >= 4 is 60.9 Å². The Hall–Kier alpha value is -3.17. The van der Waals surface area contributed by atoms with Crippen LogP contribution in [-0.4, -0.2) is 23.2 Å². The lowest BCUT2D eigenvalue weighted by Crippen LogP contribution is -2.16. The normalized spacial score (nSPS) is 11.3. The fourth-order valence-electron chi connectivity index (χ4n) is 3.04. The van der Waals surface area contributed by atoms with Crippen LogP contribution < -0.4 is 5.43 Å². The first-order valence-corrected chi connectivity index (χ1v) is 10.6. The summed E-state index contributed by atoms with van der Waals surface area (Å²) in [5.74, 6) is -0.368. The second-order valence-corrected chi connectivity index (χ2v) is 8.42. The topological polar surface area (TPSA) is 105 Å². The van der Waals surface area contributed by atoms with Gasteiger partial charge in [-0.05, 0) is 70.9 Å². The summed E-state index contributed by atoms with van der Waals surface area (Å²) in [6.07, 6.45) is 1.37. The predicted octanol–water partition coefficient (Wildman–Crippen LogP) is 5.99. The van der Waals surface area contributed by atoms with Crippen LogP contribution in [0.25, 0.3) is 22.3 Å². The van der Waals surface area contributed by atoms with Crippen molar-refractivity contribution in [3.05, 3.63) is 80.1 Å². The van der Waals surface area contributed by atoms with E-state index in [9.17, 15) is 9.59 Å². The summed E-state index contributed by atoms with van der Waals surface area (Å²) in [5, 5.41) is 13.8. The molecular weight excluding hydrogens is 532 g/mol. The maximum atomic E-state index is 12.3. The number of amides is 1. The zero-order chi connectivity index (χ0) is 22.1. The first-order chi connectivity index (χ1) is 14.8. The van der Waals surface area contributed by atoms with Crippen LogP contribution in [0.4, 0.5) is 0 Å². The Bertz CT molecular complexity index is 1350. The average molecular weight is 546 g/mol. The first kappa shape index (κ1) is 21.1. The Morgan fingerprint density at radius 3 is 2.61 bits per heavy atom. The fourth-order valence-corrected chi connectivity index (χ4v) is 4.38. The molecule has 0 unspecified atom stereocenters. The molecule has 2 aromatic carbocycles. The van der Waals surface area contributed by atoms with Gasteiger partial charge in [0.1, 0.15) is 17.1 Å². The minimum absolute atomic E-state index is 0.125. The zero-order valence-corrected chi connectivity index (χ0v) is 19.2. The number of fused-ring (bicyclic) bond motifs is 1. The quantitative estimate of drug-likeness (QED) is 0.237. The molecule has 2 heterocycles. The molecule has 0 radical (unpaired) electrons. The number of hydrogen-bond acceptors (Lipinski definition) is 5. The number of nitrogens with one attached hydrogen (secondary N) is 1. The molecule has 2 aromatic heterocycles. The third kappa shape index (κ3) is 4.47. The largest absolute Gasteiger partial charge is 0.478 e. The van der Waals surface area contributed by atoms with Crippen molar-refractivity contribution in [3.63, 3.8) is 0 Å². The van der Waals surface area contributed by atoms with E-state index in [0.29, 0.717) is 17.1 Å². The standard InChI is InChI=1S/C22H14Br2N2O5/c1-11-6-12(22(28)29)2-4-16(11)18-5-3-15(30-18)10-25-26-21(27)19-8-13-7-14(23)9-17(24)20(13)31-19/h2-10H,1H3,(H,26,27)(H,28,29)/b25-10-. The van der Waals surface area contributed by atoms with Gasteiger partial charge in [-0.1, -0.05) is 22.0 Å². The number of carbonyl (C=O) groups excluding carboxylic acids is 1. The van der Waals surface area contributed by atoms with E-state index in [-0.39, 0.29) is 11.3 Å². The Kier molecular flexibility index (Phi) is 5.79. The van der Waals surface area contributed by atoms with Crippen molar-refractivity contribution in [2.45, 2.75) is 6.92 Å². The third-order valence-electron chi connectivity index (χ3n) is 4.48. The lowest BCUT2D eigenvalue weighted by molar-refractivity contribution is 0.0696. The molecule has 0 aliphatic carbocycles. The number of hydrogen-bond donors (Lipinski definition) is 2. The number of carboxylic acid groups (broad SMARTS) is 1. The monoisotopic (exact) mass is 544 g/mol. The molecular formula is C22H14Br2N2O5. The summed E-state index contributed by atoms with van der Waals surface area (Å²) in [7, 11) is 0. The summed E-state index contributed by atoms with van der Waals surface area (Å²) < 4.78 is 12.9. The maximum absolute atomic E-state index is 12.3. The van der Waals surface area contributed by atoms with E-state index >= 15 is 0 Å². The summed E-state index contributed by atoms with van der Waals surface area (Å²) in [4.78, 5) is 23.4. The summed E-state index contributed by atoms with van der Waals surface area (Å²) in [6.45, 7) is 1.81. The van der Waals surface area contributed by atoms with E-state index < -0.39 is 11.9 Å². The van der Waals surface area contributed by atoms with E-state index in [1.165, 1.54) is 12.3 Å². The van der Waals surface area contributed by atoms with Gasteiger partial charge in [-0.25, -0.2) is 10.2 Å². The molecule has 4 aromatic rings. The van der Waals surface area contributed by atoms with Gasteiger partial charge in [0.15, 0.2) is 5.76 Å². The van der Waals surface area contributed by atoms with Gasteiger partial charge in [0.2, 0.25) is 0 Å². The van der Waals surface area contributed by atoms with E-state index in [2.05, 4.69) is 42.4 Å². The number of hydrazone groups is 1. The van der Waals surface area contributed by atoms with Crippen molar-refractivity contribution in [1.29, 1.82) is 0 Å². The fraction of sp³-hybridized carbons (Fsp3) is 0.0455. The van der Waals surface area contributed by atoms with Crippen LogP contribution in [0.3, 0.4) is 0 Å². The third-order valence-corrected chi connectivity index (χ3v) is 5.53. The molecule has 7 nitrogen and oxygen atoms in total. The second-order valence-electron chi connectivity index (χ2n) is 6.65. The van der Waals surface area contributed by atoms with Crippen LogP contribution in [0.5, 0.6) is 0 Å². The van der Waals surface area contributed by atoms with Crippen LogP contribution in [0.1, 0.15) is 32.2 Å². The van der Waals surface area contributed by atoms with Crippen LogP contribution in [-0.2, 0) is 0 Å². The molecule has 31 heavy (non-hydrogen) atoms. The highest BCUT2D eigenvalue weighted by atomic mass is 79.9. The van der Waals surface area contributed by atoms with Gasteiger partial charge in [0.25, 0.3) is 0 Å². The highest BCUT2D eigenvalue weighted by Crippen LogP contribution is 2.31. The van der Waals surface area contributed by atoms with Crippen LogP contribution in [0, 0.1) is 6.92 Å². The lowest BCUT2D eigenvalue weighted by Gasteiger charge is -2.03. The molecule has 0 fully saturated rings. The molecule has 0 aliphatic heterocycles. The molecule has 0 aliphatic rings. The number of benzene rings is 2. The molecule has 9 heteroatoms. The van der Waals surface area contributed by atoms with Crippen molar-refractivity contribution in [2.24, 2.45) is 5.10 Å². The Balaban J connectivity index is 1.47. The smallest absolute Gasteiger partial charge is 0.335 e. The summed E-state index contributed by atoms with van der Waals surface area (Å²) in [5.41, 5.74) is 4.73. The van der Waals surface area contributed by atoms with Gasteiger partial charge in [0.05, 0.1) is 16.3 Å². The number of rotatable bonds is 5. The Morgan fingerprint density at radius 2 is 1.87 bits per heavy atom. The number of carbonyl (C=O) groups is 2. The van der Waals surface area contributed by atoms with Crippen molar-refractivity contribution in [1.82, 2.24) is 5.43 Å². The summed E-state index contributed by atoms with van der Waals surface area (Å²) >= 11 is 6.80. The van der Waals surface area contributed by atoms with Gasteiger partial charge in [-0.3, -0.25) is 4.79 Å². The molecule has 0 bridgehead atoms. The van der Waals surface area contributed by atoms with Gasteiger partial charge in [-0.15, -0.1) is 0 Å². The Labute approximate surface area is 193 Å². The molecule has 156 valence electrons. The lowest BCUT2D eigenvalue weighted by atomic mass is 10.0. The maximum Gasteiger partial charge on any atom is 0.335 e. The van der Waals surface area contributed by atoms with Gasteiger partial charge >= 0.3 is 11.9 Å². The molecule has 2 N–H and O–H groups in total. The number of furan rings is 2. The van der Waals surface area contributed by atoms with Gasteiger partial charge in [0, 0.05) is 15.4 Å². The van der Waals surface area contributed by atoms with Crippen molar-refractivity contribution in [2.75, 3.05) is 0 Å². The molecule has 1 amide bonds. The SMILES string of the molecule is Cc1cc(C(=O)O)ccc1-c1ccc(/C=N\NC(=O)c2cc3cc(Br)cc(Br)c3o2)o1. The van der Waals surface area contributed by atoms with Crippen molar-refractivity contribution in [3.8, 4) is 11.3 Å². The minimum Gasteiger partial charge on any atom is -0.478 e. The number of halogens is 2. The highest BCUT2D eigenvalue weighted by molar-refractivity contribution is 9.11. The number of aromatic carboxylic acids is 1. The van der Waals surface area contributed by atoms with Crippen LogP contribution in [0.2, 0.25) is 0 Å². The molecule has 0 spiro atoms. The average Bonchev–Trinajstić information content (AvgIpc) is 3.35. The van der Waals surface area contributed by atoms with E-state index in [1.54, 1.807) is 30.3 Å². The highest BCUT2D eigenvalue weighted by Gasteiger charge is 2.14. The Morgan fingerprint density at radius 1 is 1.06 bits per heavy atom.